The first-order chi connectivity index (χ1) is 15.3. The van der Waals surface area contributed by atoms with Gasteiger partial charge in [0.2, 0.25) is 5.78 Å². The van der Waals surface area contributed by atoms with E-state index in [-0.39, 0.29) is 12.1 Å². The molecule has 176 valence electrons. The molecule has 1 aromatic rings. The first-order valence-corrected chi connectivity index (χ1v) is 12.4. The molecule has 1 unspecified atom stereocenters. The summed E-state index contributed by atoms with van der Waals surface area (Å²) in [4.78, 5) is 40.4. The molecule has 1 heterocycles. The molecule has 1 aliphatic heterocycles. The fourth-order valence-electron chi connectivity index (χ4n) is 4.91. The Hall–Kier alpha value is -2.17. The van der Waals surface area contributed by atoms with Crippen LogP contribution in [0.15, 0.2) is 30.3 Å². The van der Waals surface area contributed by atoms with Crippen LogP contribution in [0, 0.1) is 11.3 Å². The average molecular weight is 442 g/mol. The molecule has 0 bridgehead atoms. The van der Waals surface area contributed by atoms with Crippen LogP contribution in [0.2, 0.25) is 0 Å². The van der Waals surface area contributed by atoms with E-state index in [2.05, 4.69) is 12.1 Å². The minimum Gasteiger partial charge on any atom is -0.461 e. The summed E-state index contributed by atoms with van der Waals surface area (Å²) >= 11 is 0. The molecule has 2 atom stereocenters. The molecule has 0 aromatic heterocycles. The predicted octanol–water partition coefficient (Wildman–Crippen LogP) is 5.11. The quantitative estimate of drug-likeness (QED) is 0.395. The Kier molecular flexibility index (Phi) is 8.50. The zero-order valence-corrected chi connectivity index (χ0v) is 20.0. The molecule has 3 rings (SSSR count). The molecular formula is C27H39NO4. The molecule has 2 aliphatic rings. The molecular weight excluding hydrogens is 402 g/mol. The van der Waals surface area contributed by atoms with E-state index in [1.807, 2.05) is 25.1 Å². The van der Waals surface area contributed by atoms with Gasteiger partial charge in [-0.3, -0.25) is 9.59 Å². The van der Waals surface area contributed by atoms with Crippen molar-refractivity contribution in [3.8, 4) is 0 Å². The van der Waals surface area contributed by atoms with Gasteiger partial charge in [0.25, 0.3) is 5.91 Å². The Balaban J connectivity index is 1.68. The van der Waals surface area contributed by atoms with Crippen LogP contribution in [-0.2, 0) is 25.5 Å². The highest BCUT2D eigenvalue weighted by atomic mass is 16.5. The third-order valence-electron chi connectivity index (χ3n) is 7.48. The molecule has 32 heavy (non-hydrogen) atoms. The monoisotopic (exact) mass is 441 g/mol. The van der Waals surface area contributed by atoms with Crippen LogP contribution in [0.4, 0.5) is 0 Å². The number of esters is 1. The number of hydrogen-bond acceptors (Lipinski definition) is 4. The van der Waals surface area contributed by atoms with Crippen LogP contribution in [0.25, 0.3) is 0 Å². The van der Waals surface area contributed by atoms with Gasteiger partial charge in [-0.25, -0.2) is 4.79 Å². The molecule has 5 nitrogen and oxygen atoms in total. The Morgan fingerprint density at radius 3 is 2.38 bits per heavy atom. The second-order valence-electron chi connectivity index (χ2n) is 10.1. The highest BCUT2D eigenvalue weighted by Gasteiger charge is 2.42. The topological polar surface area (TPSA) is 63.7 Å². The molecule has 1 aromatic carbocycles. The summed E-state index contributed by atoms with van der Waals surface area (Å²) < 4.78 is 6.12. The number of hydrogen-bond donors (Lipinski definition) is 0. The van der Waals surface area contributed by atoms with Gasteiger partial charge in [0.05, 0.1) is 0 Å². The van der Waals surface area contributed by atoms with E-state index in [1.165, 1.54) is 29.7 Å². The summed E-state index contributed by atoms with van der Waals surface area (Å²) in [6, 6.07) is 9.66. The Morgan fingerprint density at radius 2 is 1.72 bits per heavy atom. The van der Waals surface area contributed by atoms with Crippen LogP contribution >= 0.6 is 0 Å². The number of amides is 1. The Morgan fingerprint density at radius 1 is 1.03 bits per heavy atom. The first kappa shape index (κ1) is 24.5. The SMILES string of the molecule is CCC(C)(C)C(=O)C(=O)N1CCC[C@H]1C(=O)OC(CCc1ccccc1)C1CCCCC1. The van der Waals surface area contributed by atoms with Crippen molar-refractivity contribution in [2.24, 2.45) is 11.3 Å². The third kappa shape index (κ3) is 5.99. The highest BCUT2D eigenvalue weighted by molar-refractivity contribution is 6.38. The predicted molar refractivity (Wildman–Crippen MR) is 125 cm³/mol. The molecule has 0 spiro atoms. The summed E-state index contributed by atoms with van der Waals surface area (Å²) in [5, 5.41) is 0. The average Bonchev–Trinajstić information content (AvgIpc) is 3.32. The maximum absolute atomic E-state index is 13.2. The lowest BCUT2D eigenvalue weighted by Crippen LogP contribution is -2.48. The van der Waals surface area contributed by atoms with Crippen molar-refractivity contribution in [1.29, 1.82) is 0 Å². The van der Waals surface area contributed by atoms with Gasteiger partial charge in [-0.05, 0) is 56.4 Å². The van der Waals surface area contributed by atoms with E-state index in [0.29, 0.717) is 25.3 Å². The number of carbonyl (C=O) groups excluding carboxylic acids is 3. The van der Waals surface area contributed by atoms with Crippen LogP contribution in [-0.4, -0.2) is 41.3 Å². The lowest BCUT2D eigenvalue weighted by atomic mass is 9.83. The maximum atomic E-state index is 13.2. The second-order valence-corrected chi connectivity index (χ2v) is 10.1. The van der Waals surface area contributed by atoms with Crippen molar-refractivity contribution in [2.75, 3.05) is 6.54 Å². The van der Waals surface area contributed by atoms with Crippen LogP contribution < -0.4 is 0 Å². The van der Waals surface area contributed by atoms with E-state index in [4.69, 9.17) is 4.74 Å². The number of Topliss-reactive ketones (excluding diaryl/α,β-unsaturated/α-hetero) is 1. The number of ketones is 1. The number of aryl methyl sites for hydroxylation is 1. The minimum absolute atomic E-state index is 0.136. The first-order valence-electron chi connectivity index (χ1n) is 12.4. The van der Waals surface area contributed by atoms with E-state index in [1.54, 1.807) is 13.8 Å². The lowest BCUT2D eigenvalue weighted by molar-refractivity contribution is -0.163. The van der Waals surface area contributed by atoms with Crippen molar-refractivity contribution < 1.29 is 19.1 Å². The molecule has 0 radical (unpaired) electrons. The van der Waals surface area contributed by atoms with Gasteiger partial charge in [0, 0.05) is 12.0 Å². The molecule has 1 aliphatic carbocycles. The van der Waals surface area contributed by atoms with Gasteiger partial charge in [0.1, 0.15) is 12.1 Å². The largest absolute Gasteiger partial charge is 0.461 e. The van der Waals surface area contributed by atoms with E-state index in [0.717, 1.165) is 32.1 Å². The molecule has 1 amide bonds. The third-order valence-corrected chi connectivity index (χ3v) is 7.48. The van der Waals surface area contributed by atoms with Crippen LogP contribution in [0.1, 0.15) is 84.1 Å². The van der Waals surface area contributed by atoms with Gasteiger partial charge in [-0.2, -0.15) is 0 Å². The summed E-state index contributed by atoms with van der Waals surface area (Å²) in [5.41, 5.74) is 0.531. The minimum atomic E-state index is -0.714. The molecule has 0 N–H and O–H groups in total. The number of nitrogens with zero attached hydrogens (tertiary/aromatic N) is 1. The van der Waals surface area contributed by atoms with Crippen molar-refractivity contribution in [2.45, 2.75) is 97.1 Å². The van der Waals surface area contributed by atoms with E-state index >= 15 is 0 Å². The molecule has 1 saturated carbocycles. The maximum Gasteiger partial charge on any atom is 0.329 e. The highest BCUT2D eigenvalue weighted by Crippen LogP contribution is 2.32. The summed E-state index contributed by atoms with van der Waals surface area (Å²) in [6.07, 6.45) is 9.19. The van der Waals surface area contributed by atoms with Crippen molar-refractivity contribution >= 4 is 17.7 Å². The van der Waals surface area contributed by atoms with Crippen molar-refractivity contribution in [3.05, 3.63) is 35.9 Å². The van der Waals surface area contributed by atoms with E-state index < -0.39 is 23.1 Å². The normalized spacial score (nSPS) is 20.7. The number of likely N-dealkylation sites (tertiary alicyclic amines) is 1. The van der Waals surface area contributed by atoms with Crippen molar-refractivity contribution in [3.63, 3.8) is 0 Å². The zero-order valence-electron chi connectivity index (χ0n) is 20.0. The fraction of sp³-hybridized carbons (Fsp3) is 0.667. The van der Waals surface area contributed by atoms with Crippen molar-refractivity contribution in [1.82, 2.24) is 4.90 Å². The molecule has 1 saturated heterocycles. The summed E-state index contributed by atoms with van der Waals surface area (Å²) in [6.45, 7) is 5.93. The fourth-order valence-corrected chi connectivity index (χ4v) is 4.91. The van der Waals surface area contributed by atoms with Gasteiger partial charge in [-0.1, -0.05) is 70.4 Å². The second kappa shape index (κ2) is 11.1. The Labute approximate surface area is 192 Å². The number of carbonyl (C=O) groups is 3. The standard InChI is InChI=1S/C27H39NO4/c1-4-27(2,3)24(29)25(30)28-19-11-16-22(28)26(31)32-23(21-14-9-6-10-15-21)18-17-20-12-7-5-8-13-20/h5,7-8,12-13,21-23H,4,6,9-11,14-19H2,1-3H3/t22-,23?/m0/s1. The number of rotatable bonds is 9. The number of benzene rings is 1. The smallest absolute Gasteiger partial charge is 0.329 e. The van der Waals surface area contributed by atoms with Crippen LogP contribution in [0.5, 0.6) is 0 Å². The number of ether oxygens (including phenoxy) is 1. The molecule has 2 fully saturated rings. The van der Waals surface area contributed by atoms with Gasteiger partial charge in [-0.15, -0.1) is 0 Å². The summed E-state index contributed by atoms with van der Waals surface area (Å²) in [5.74, 6) is -0.897. The van der Waals surface area contributed by atoms with Crippen LogP contribution in [0.3, 0.4) is 0 Å². The molecule has 5 heteroatoms. The Bertz CT molecular complexity index is 782. The summed E-state index contributed by atoms with van der Waals surface area (Å²) in [7, 11) is 0. The van der Waals surface area contributed by atoms with Gasteiger partial charge in [0.15, 0.2) is 0 Å². The van der Waals surface area contributed by atoms with Gasteiger partial charge < -0.3 is 9.64 Å². The lowest BCUT2D eigenvalue weighted by Gasteiger charge is -2.32. The zero-order chi connectivity index (χ0) is 23.1. The van der Waals surface area contributed by atoms with Gasteiger partial charge >= 0.3 is 5.97 Å². The van der Waals surface area contributed by atoms with E-state index in [9.17, 15) is 14.4 Å².